The number of rotatable bonds is 4. The molecule has 2 heterocycles. The predicted octanol–water partition coefficient (Wildman–Crippen LogP) is 1.37. The molecule has 0 aromatic carbocycles. The number of nitrogens with one attached hydrogen (secondary N) is 1. The zero-order chi connectivity index (χ0) is 14.7. The smallest absolute Gasteiger partial charge is 0.228 e. The van der Waals surface area contributed by atoms with Crippen LogP contribution in [0.5, 0.6) is 5.88 Å². The Morgan fingerprint density at radius 3 is 2.71 bits per heavy atom. The van der Waals surface area contributed by atoms with Gasteiger partial charge < -0.3 is 15.0 Å². The molecule has 21 heavy (non-hydrogen) atoms. The number of nitrogens with zero attached hydrogens (tertiary/aromatic N) is 3. The summed E-state index contributed by atoms with van der Waals surface area (Å²) >= 11 is 0. The minimum atomic E-state index is 0.132. The van der Waals surface area contributed by atoms with E-state index in [0.717, 1.165) is 38.8 Å². The van der Waals surface area contributed by atoms with E-state index in [2.05, 4.69) is 20.2 Å². The number of aromatic nitrogens is 2. The molecule has 0 radical (unpaired) electrons. The van der Waals surface area contributed by atoms with Crippen molar-refractivity contribution >= 4 is 11.9 Å². The van der Waals surface area contributed by atoms with Crippen molar-refractivity contribution in [1.82, 2.24) is 15.3 Å². The summed E-state index contributed by atoms with van der Waals surface area (Å²) < 4.78 is 5.13. The zero-order valence-corrected chi connectivity index (χ0v) is 12.4. The number of hydrogen-bond donors (Lipinski definition) is 1. The predicted molar refractivity (Wildman–Crippen MR) is 79.3 cm³/mol. The van der Waals surface area contributed by atoms with E-state index >= 15 is 0 Å². The van der Waals surface area contributed by atoms with Crippen molar-refractivity contribution in [2.45, 2.75) is 38.1 Å². The molecular weight excluding hydrogens is 268 g/mol. The van der Waals surface area contributed by atoms with Crippen LogP contribution in [0.4, 0.5) is 5.95 Å². The van der Waals surface area contributed by atoms with Crippen LogP contribution >= 0.6 is 0 Å². The van der Waals surface area contributed by atoms with E-state index in [0.29, 0.717) is 17.9 Å². The van der Waals surface area contributed by atoms with Crippen LogP contribution in [0.2, 0.25) is 0 Å². The topological polar surface area (TPSA) is 67.3 Å². The third kappa shape index (κ3) is 3.25. The van der Waals surface area contributed by atoms with Gasteiger partial charge in [-0.1, -0.05) is 0 Å². The molecular formula is C15H22N4O2. The van der Waals surface area contributed by atoms with Gasteiger partial charge in [-0.2, -0.15) is 4.98 Å². The molecule has 2 aliphatic rings. The molecule has 6 heteroatoms. The second-order valence-electron chi connectivity index (χ2n) is 5.80. The highest BCUT2D eigenvalue weighted by atomic mass is 16.5. The number of amides is 1. The van der Waals surface area contributed by atoms with E-state index in [1.165, 1.54) is 6.42 Å². The number of carbonyl (C=O) groups is 1. The van der Waals surface area contributed by atoms with Gasteiger partial charge in [0, 0.05) is 37.3 Å². The summed E-state index contributed by atoms with van der Waals surface area (Å²) in [6.07, 6.45) is 6.95. The summed E-state index contributed by atoms with van der Waals surface area (Å²) in [5.41, 5.74) is 0. The van der Waals surface area contributed by atoms with Crippen LogP contribution in [0.3, 0.4) is 0 Å². The Balaban J connectivity index is 1.53. The fourth-order valence-corrected chi connectivity index (χ4v) is 2.81. The normalized spacial score (nSPS) is 20.0. The molecule has 1 amide bonds. The first-order valence-corrected chi connectivity index (χ1v) is 7.68. The maximum absolute atomic E-state index is 12.2. The number of carbonyl (C=O) groups excluding carboxylic acids is 1. The number of hydrogen-bond acceptors (Lipinski definition) is 5. The van der Waals surface area contributed by atoms with Gasteiger partial charge in [-0.3, -0.25) is 4.79 Å². The third-order valence-electron chi connectivity index (χ3n) is 4.43. The number of ether oxygens (including phenoxy) is 1. The lowest BCUT2D eigenvalue weighted by molar-refractivity contribution is -0.126. The summed E-state index contributed by atoms with van der Waals surface area (Å²) in [6.45, 7) is 1.63. The lowest BCUT2D eigenvalue weighted by Crippen LogP contribution is -2.46. The first-order valence-electron chi connectivity index (χ1n) is 7.68. The monoisotopic (exact) mass is 290 g/mol. The maximum atomic E-state index is 12.2. The Morgan fingerprint density at radius 2 is 2.10 bits per heavy atom. The first kappa shape index (κ1) is 14.1. The molecule has 1 aromatic heterocycles. The Hall–Kier alpha value is -1.85. The van der Waals surface area contributed by atoms with Gasteiger partial charge in [0.25, 0.3) is 0 Å². The van der Waals surface area contributed by atoms with Crippen LogP contribution in [-0.4, -0.2) is 42.1 Å². The van der Waals surface area contributed by atoms with Crippen LogP contribution in [-0.2, 0) is 4.79 Å². The van der Waals surface area contributed by atoms with Crippen LogP contribution in [0, 0.1) is 5.92 Å². The molecule has 1 aliphatic heterocycles. The van der Waals surface area contributed by atoms with Crippen LogP contribution in [0.15, 0.2) is 12.3 Å². The molecule has 0 unspecified atom stereocenters. The van der Waals surface area contributed by atoms with E-state index in [1.54, 1.807) is 19.4 Å². The average molecular weight is 290 g/mol. The lowest BCUT2D eigenvalue weighted by atomic mass is 9.90. The summed E-state index contributed by atoms with van der Waals surface area (Å²) in [4.78, 5) is 22.9. The van der Waals surface area contributed by atoms with Gasteiger partial charge in [0.05, 0.1) is 7.11 Å². The summed E-state index contributed by atoms with van der Waals surface area (Å²) in [5, 5.41) is 3.15. The molecule has 0 atom stereocenters. The second kappa shape index (κ2) is 6.28. The van der Waals surface area contributed by atoms with Crippen LogP contribution in [0.1, 0.15) is 32.1 Å². The zero-order valence-electron chi connectivity index (χ0n) is 12.4. The molecule has 1 saturated heterocycles. The molecule has 114 valence electrons. The highest BCUT2D eigenvalue weighted by molar-refractivity contribution is 5.79. The van der Waals surface area contributed by atoms with Crippen molar-refractivity contribution in [2.75, 3.05) is 25.1 Å². The van der Waals surface area contributed by atoms with Gasteiger partial charge in [0.1, 0.15) is 0 Å². The van der Waals surface area contributed by atoms with Crippen molar-refractivity contribution in [2.24, 2.45) is 5.92 Å². The molecule has 0 spiro atoms. The second-order valence-corrected chi connectivity index (χ2v) is 5.80. The van der Waals surface area contributed by atoms with Gasteiger partial charge in [-0.25, -0.2) is 4.98 Å². The summed E-state index contributed by atoms with van der Waals surface area (Å²) in [7, 11) is 1.60. The quantitative estimate of drug-likeness (QED) is 0.907. The Kier molecular flexibility index (Phi) is 4.22. The summed E-state index contributed by atoms with van der Waals surface area (Å²) in [6, 6.07) is 2.17. The third-order valence-corrected chi connectivity index (χ3v) is 4.43. The average Bonchev–Trinajstić information content (AvgIpc) is 2.51. The highest BCUT2D eigenvalue weighted by Gasteiger charge is 2.28. The molecule has 2 fully saturated rings. The van der Waals surface area contributed by atoms with E-state index in [-0.39, 0.29) is 11.8 Å². The Labute approximate surface area is 124 Å². The molecule has 1 aliphatic carbocycles. The lowest BCUT2D eigenvalue weighted by Gasteiger charge is -2.33. The van der Waals surface area contributed by atoms with Gasteiger partial charge in [0.15, 0.2) is 0 Å². The van der Waals surface area contributed by atoms with Gasteiger partial charge >= 0.3 is 0 Å². The van der Waals surface area contributed by atoms with Crippen molar-refractivity contribution in [1.29, 1.82) is 0 Å². The number of anilines is 1. The number of methoxy groups -OCH3 is 1. The SMILES string of the molecule is COc1ccnc(N2CCC(C(=O)NC3CCC3)CC2)n1. The highest BCUT2D eigenvalue weighted by Crippen LogP contribution is 2.24. The Bertz CT molecular complexity index is 496. The van der Waals surface area contributed by atoms with Crippen molar-refractivity contribution < 1.29 is 9.53 Å². The van der Waals surface area contributed by atoms with Gasteiger partial charge in [-0.15, -0.1) is 0 Å². The van der Waals surface area contributed by atoms with E-state index in [9.17, 15) is 4.79 Å². The first-order chi connectivity index (χ1) is 10.3. The molecule has 0 bridgehead atoms. The minimum Gasteiger partial charge on any atom is -0.481 e. The largest absolute Gasteiger partial charge is 0.481 e. The maximum Gasteiger partial charge on any atom is 0.228 e. The van der Waals surface area contributed by atoms with Crippen molar-refractivity contribution in [3.8, 4) is 5.88 Å². The van der Waals surface area contributed by atoms with Crippen molar-refractivity contribution in [3.63, 3.8) is 0 Å². The number of piperidine rings is 1. The minimum absolute atomic E-state index is 0.132. The standard InChI is InChI=1S/C15H22N4O2/c1-21-13-5-8-16-15(18-13)19-9-6-11(7-10-19)14(20)17-12-3-2-4-12/h5,8,11-12H,2-4,6-7,9-10H2,1H3,(H,17,20). The molecule has 1 N–H and O–H groups in total. The fourth-order valence-electron chi connectivity index (χ4n) is 2.81. The summed E-state index contributed by atoms with van der Waals surface area (Å²) in [5.74, 6) is 1.62. The van der Waals surface area contributed by atoms with E-state index in [1.807, 2.05) is 0 Å². The van der Waals surface area contributed by atoms with E-state index < -0.39 is 0 Å². The van der Waals surface area contributed by atoms with Crippen molar-refractivity contribution in [3.05, 3.63) is 12.3 Å². The van der Waals surface area contributed by atoms with Crippen LogP contribution < -0.4 is 15.0 Å². The molecule has 1 saturated carbocycles. The molecule has 3 rings (SSSR count). The van der Waals surface area contributed by atoms with E-state index in [4.69, 9.17) is 4.74 Å². The molecule has 6 nitrogen and oxygen atoms in total. The molecule has 1 aromatic rings. The fraction of sp³-hybridized carbons (Fsp3) is 0.667. The van der Waals surface area contributed by atoms with Gasteiger partial charge in [-0.05, 0) is 32.1 Å². The Morgan fingerprint density at radius 1 is 1.33 bits per heavy atom. The van der Waals surface area contributed by atoms with Crippen LogP contribution in [0.25, 0.3) is 0 Å². The van der Waals surface area contributed by atoms with Gasteiger partial charge in [0.2, 0.25) is 17.7 Å².